The minimum atomic E-state index is -0.0211. The van der Waals surface area contributed by atoms with Gasteiger partial charge in [-0.25, -0.2) is 0 Å². The third-order valence-corrected chi connectivity index (χ3v) is 5.94. The molecule has 6 nitrogen and oxygen atoms in total. The second-order valence-corrected chi connectivity index (χ2v) is 8.05. The Morgan fingerprint density at radius 1 is 1.07 bits per heavy atom. The van der Waals surface area contributed by atoms with Crippen molar-refractivity contribution in [2.45, 2.75) is 38.3 Å². The van der Waals surface area contributed by atoms with Crippen LogP contribution in [0.2, 0.25) is 0 Å². The van der Waals surface area contributed by atoms with Crippen molar-refractivity contribution in [2.75, 3.05) is 0 Å². The highest BCUT2D eigenvalue weighted by atomic mass is 16.1. The molecule has 1 fully saturated rings. The van der Waals surface area contributed by atoms with Gasteiger partial charge in [0.05, 0.1) is 11.2 Å². The average Bonchev–Trinajstić information content (AvgIpc) is 3.35. The molecule has 0 atom stereocenters. The summed E-state index contributed by atoms with van der Waals surface area (Å²) in [5, 5.41) is 8.98. The lowest BCUT2D eigenvalue weighted by molar-refractivity contribution is 0.0951. The molecule has 0 spiro atoms. The second kappa shape index (κ2) is 6.76. The molecular formula is C24H21N5O. The summed E-state index contributed by atoms with van der Waals surface area (Å²) in [7, 11) is 0. The highest BCUT2D eigenvalue weighted by molar-refractivity contribution is 6.03. The van der Waals surface area contributed by atoms with E-state index < -0.39 is 0 Å². The summed E-state index contributed by atoms with van der Waals surface area (Å²) in [6.45, 7) is 0.934. The van der Waals surface area contributed by atoms with Crippen molar-refractivity contribution < 1.29 is 4.79 Å². The van der Waals surface area contributed by atoms with E-state index in [2.05, 4.69) is 26.0 Å². The molecule has 0 unspecified atom stereocenters. The number of fused-ring (bicyclic) bond motifs is 2. The van der Waals surface area contributed by atoms with Gasteiger partial charge >= 0.3 is 0 Å². The van der Waals surface area contributed by atoms with Crippen molar-refractivity contribution >= 4 is 16.8 Å². The number of hydrogen-bond acceptors (Lipinski definition) is 4. The summed E-state index contributed by atoms with van der Waals surface area (Å²) in [6, 6.07) is 14.1. The Labute approximate surface area is 174 Å². The molecule has 30 heavy (non-hydrogen) atoms. The Morgan fingerprint density at radius 2 is 2.00 bits per heavy atom. The van der Waals surface area contributed by atoms with E-state index in [1.54, 1.807) is 6.20 Å². The largest absolute Gasteiger partial charge is 0.349 e. The van der Waals surface area contributed by atoms with E-state index in [-0.39, 0.29) is 5.91 Å². The lowest BCUT2D eigenvalue weighted by atomic mass is 9.96. The lowest BCUT2D eigenvalue weighted by Gasteiger charge is -2.10. The molecular weight excluding hydrogens is 374 g/mol. The Balaban J connectivity index is 1.51. The number of aryl methyl sites for hydroxylation is 1. The molecule has 1 amide bonds. The topological polar surface area (TPSA) is 72.7 Å². The van der Waals surface area contributed by atoms with Gasteiger partial charge in [0.25, 0.3) is 5.91 Å². The fourth-order valence-electron chi connectivity index (χ4n) is 4.30. The number of pyridine rings is 2. The van der Waals surface area contributed by atoms with Gasteiger partial charge in [0.1, 0.15) is 5.69 Å². The van der Waals surface area contributed by atoms with E-state index in [4.69, 9.17) is 5.10 Å². The fraction of sp³-hybridized carbons (Fsp3) is 0.250. The SMILES string of the molecule is O=C(NC1CC1)c1ccc2c(-c3c(-c4ccccn4)nn4c3CCC4)ccnc2c1. The van der Waals surface area contributed by atoms with Crippen LogP contribution in [0.25, 0.3) is 33.4 Å². The Kier molecular flexibility index (Phi) is 3.91. The maximum Gasteiger partial charge on any atom is 0.251 e. The maximum atomic E-state index is 12.5. The van der Waals surface area contributed by atoms with Crippen LogP contribution in [0.1, 0.15) is 35.3 Å². The van der Waals surface area contributed by atoms with Crippen molar-refractivity contribution in [3.63, 3.8) is 0 Å². The highest BCUT2D eigenvalue weighted by Crippen LogP contribution is 2.39. The zero-order chi connectivity index (χ0) is 20.1. The zero-order valence-electron chi connectivity index (χ0n) is 16.5. The molecule has 1 saturated carbocycles. The first-order chi connectivity index (χ1) is 14.8. The molecule has 4 heterocycles. The van der Waals surface area contributed by atoms with E-state index in [1.165, 1.54) is 5.69 Å². The van der Waals surface area contributed by atoms with Gasteiger partial charge in [0, 0.05) is 47.2 Å². The highest BCUT2D eigenvalue weighted by Gasteiger charge is 2.26. The number of benzene rings is 1. The number of rotatable bonds is 4. The molecule has 6 heteroatoms. The van der Waals surface area contributed by atoms with Crippen LogP contribution in [-0.4, -0.2) is 31.7 Å². The number of amides is 1. The summed E-state index contributed by atoms with van der Waals surface area (Å²) in [6.07, 6.45) is 7.88. The lowest BCUT2D eigenvalue weighted by Crippen LogP contribution is -2.25. The second-order valence-electron chi connectivity index (χ2n) is 8.05. The van der Waals surface area contributed by atoms with Gasteiger partial charge in [-0.2, -0.15) is 5.10 Å². The Hall–Kier alpha value is -3.54. The monoisotopic (exact) mass is 395 g/mol. The smallest absolute Gasteiger partial charge is 0.251 e. The van der Waals surface area contributed by atoms with Crippen LogP contribution >= 0.6 is 0 Å². The van der Waals surface area contributed by atoms with Gasteiger partial charge in [-0.1, -0.05) is 12.1 Å². The molecule has 0 bridgehead atoms. The molecule has 4 aromatic rings. The van der Waals surface area contributed by atoms with Crippen LogP contribution in [0.4, 0.5) is 0 Å². The maximum absolute atomic E-state index is 12.5. The predicted octanol–water partition coefficient (Wildman–Crippen LogP) is 4.00. The molecule has 3 aromatic heterocycles. The Bertz CT molecular complexity index is 1270. The molecule has 1 aliphatic carbocycles. The third kappa shape index (κ3) is 2.87. The molecule has 0 radical (unpaired) electrons. The van der Waals surface area contributed by atoms with E-state index in [1.807, 2.05) is 42.6 Å². The minimum absolute atomic E-state index is 0.0211. The first-order valence-electron chi connectivity index (χ1n) is 10.5. The molecule has 1 aliphatic heterocycles. The van der Waals surface area contributed by atoms with Crippen molar-refractivity contribution in [3.8, 4) is 22.5 Å². The first-order valence-corrected chi connectivity index (χ1v) is 10.5. The van der Waals surface area contributed by atoms with Crippen LogP contribution in [0.15, 0.2) is 54.9 Å². The number of carbonyl (C=O) groups excluding carboxylic acids is 1. The quantitative estimate of drug-likeness (QED) is 0.567. The van der Waals surface area contributed by atoms with Gasteiger partial charge in [0.2, 0.25) is 0 Å². The van der Waals surface area contributed by atoms with Gasteiger partial charge < -0.3 is 5.32 Å². The third-order valence-electron chi connectivity index (χ3n) is 5.94. The summed E-state index contributed by atoms with van der Waals surface area (Å²) < 4.78 is 2.11. The van der Waals surface area contributed by atoms with Crippen molar-refractivity contribution in [2.24, 2.45) is 0 Å². The number of nitrogens with one attached hydrogen (secondary N) is 1. The molecule has 1 aromatic carbocycles. The van der Waals surface area contributed by atoms with Gasteiger partial charge in [0.15, 0.2) is 0 Å². The summed E-state index contributed by atoms with van der Waals surface area (Å²) in [5.41, 5.74) is 6.74. The van der Waals surface area contributed by atoms with Crippen LogP contribution in [-0.2, 0) is 13.0 Å². The number of hydrogen-bond donors (Lipinski definition) is 1. The predicted molar refractivity (Wildman–Crippen MR) is 115 cm³/mol. The average molecular weight is 395 g/mol. The van der Waals surface area contributed by atoms with E-state index >= 15 is 0 Å². The van der Waals surface area contributed by atoms with Crippen LogP contribution in [0.5, 0.6) is 0 Å². The van der Waals surface area contributed by atoms with E-state index in [0.29, 0.717) is 11.6 Å². The fourth-order valence-corrected chi connectivity index (χ4v) is 4.30. The van der Waals surface area contributed by atoms with E-state index in [9.17, 15) is 4.79 Å². The zero-order valence-corrected chi connectivity index (χ0v) is 16.5. The molecule has 148 valence electrons. The number of nitrogens with zero attached hydrogens (tertiary/aromatic N) is 4. The Morgan fingerprint density at radius 3 is 2.83 bits per heavy atom. The van der Waals surface area contributed by atoms with Crippen LogP contribution < -0.4 is 5.32 Å². The molecule has 0 saturated heterocycles. The summed E-state index contributed by atoms with van der Waals surface area (Å²) in [4.78, 5) is 21.6. The van der Waals surface area contributed by atoms with Crippen LogP contribution in [0.3, 0.4) is 0 Å². The summed E-state index contributed by atoms with van der Waals surface area (Å²) in [5.74, 6) is -0.0211. The van der Waals surface area contributed by atoms with Gasteiger partial charge in [-0.05, 0) is 61.6 Å². The minimum Gasteiger partial charge on any atom is -0.349 e. The van der Waals surface area contributed by atoms with Crippen molar-refractivity contribution in [3.05, 3.63) is 66.1 Å². The molecule has 6 rings (SSSR count). The number of aromatic nitrogens is 4. The standard InChI is InChI=1S/C24H21N5O/c30-24(27-16-7-8-16)15-6-9-17-18(10-12-26-20(17)14-15)22-21-5-3-13-29(21)28-23(22)19-4-1-2-11-25-19/h1-2,4,6,9-12,14,16H,3,5,7-8,13H2,(H,27,30). The normalized spacial score (nSPS) is 15.3. The molecule has 1 N–H and O–H groups in total. The first kappa shape index (κ1) is 17.3. The number of carbonyl (C=O) groups is 1. The van der Waals surface area contributed by atoms with Crippen molar-refractivity contribution in [1.29, 1.82) is 0 Å². The van der Waals surface area contributed by atoms with Crippen LogP contribution in [0, 0.1) is 0 Å². The van der Waals surface area contributed by atoms with Gasteiger partial charge in [-0.3, -0.25) is 19.4 Å². The van der Waals surface area contributed by atoms with Crippen molar-refractivity contribution in [1.82, 2.24) is 25.1 Å². The van der Waals surface area contributed by atoms with Gasteiger partial charge in [-0.15, -0.1) is 0 Å². The van der Waals surface area contributed by atoms with E-state index in [0.717, 1.165) is 65.6 Å². The molecule has 2 aliphatic rings. The summed E-state index contributed by atoms with van der Waals surface area (Å²) >= 11 is 0.